The van der Waals surface area contributed by atoms with Gasteiger partial charge in [0.2, 0.25) is 4.80 Å². The Labute approximate surface area is 156 Å². The summed E-state index contributed by atoms with van der Waals surface area (Å²) in [6, 6.07) is 7.20. The van der Waals surface area contributed by atoms with Gasteiger partial charge in [0, 0.05) is 11.6 Å². The molecule has 2 aromatic heterocycles. The van der Waals surface area contributed by atoms with Gasteiger partial charge in [-0.05, 0) is 52.7 Å². The van der Waals surface area contributed by atoms with E-state index in [0.29, 0.717) is 10.2 Å². The molecule has 25 heavy (non-hydrogen) atoms. The van der Waals surface area contributed by atoms with E-state index in [4.69, 9.17) is 4.74 Å². The molecule has 3 rings (SSSR count). The molecule has 0 amide bonds. The highest BCUT2D eigenvalue weighted by Crippen LogP contribution is 2.34. The topological polar surface area (TPSA) is 72.0 Å². The molecule has 0 atom stereocenters. The van der Waals surface area contributed by atoms with Gasteiger partial charge in [-0.25, -0.2) is 9.67 Å². The summed E-state index contributed by atoms with van der Waals surface area (Å²) >= 11 is 4.81. The van der Waals surface area contributed by atoms with Gasteiger partial charge in [0.25, 0.3) is 0 Å². The van der Waals surface area contributed by atoms with Crippen molar-refractivity contribution in [2.45, 2.75) is 6.92 Å². The number of phenols is 1. The zero-order chi connectivity index (χ0) is 17.8. The minimum atomic E-state index is 0.0614. The number of pyridine rings is 1. The van der Waals surface area contributed by atoms with Crippen LogP contribution in [0.5, 0.6) is 11.5 Å². The average molecular weight is 419 g/mol. The Kier molecular flexibility index (Phi) is 5.30. The third-order valence-electron chi connectivity index (χ3n) is 3.31. The first-order chi connectivity index (χ1) is 12.1. The summed E-state index contributed by atoms with van der Waals surface area (Å²) in [7, 11) is 1.51. The van der Waals surface area contributed by atoms with Crippen LogP contribution in [0.1, 0.15) is 11.3 Å². The largest absolute Gasteiger partial charge is 0.503 e. The van der Waals surface area contributed by atoms with Gasteiger partial charge in [-0.2, -0.15) is 5.10 Å². The first-order valence-electron chi connectivity index (χ1n) is 7.31. The molecule has 0 fully saturated rings. The molecule has 0 bridgehead atoms. The molecular formula is C17H15BrN4O2S. The van der Waals surface area contributed by atoms with Gasteiger partial charge < -0.3 is 9.84 Å². The molecule has 0 unspecified atom stereocenters. The average Bonchev–Trinajstić information content (AvgIpc) is 2.96. The number of methoxy groups -OCH3 is 1. The monoisotopic (exact) mass is 418 g/mol. The molecule has 0 aliphatic heterocycles. The molecule has 0 aliphatic carbocycles. The number of rotatable bonds is 4. The van der Waals surface area contributed by atoms with Crippen molar-refractivity contribution in [3.8, 4) is 11.5 Å². The van der Waals surface area contributed by atoms with E-state index in [0.717, 1.165) is 21.7 Å². The Balaban J connectivity index is 1.99. The van der Waals surface area contributed by atoms with Gasteiger partial charge in [0.15, 0.2) is 11.5 Å². The van der Waals surface area contributed by atoms with Crippen molar-refractivity contribution in [3.05, 3.63) is 62.6 Å². The van der Waals surface area contributed by atoms with Crippen LogP contribution in [0.3, 0.4) is 0 Å². The van der Waals surface area contributed by atoms with Crippen molar-refractivity contribution in [1.29, 1.82) is 0 Å². The first-order valence-corrected chi connectivity index (χ1v) is 8.98. The molecule has 6 nitrogen and oxygen atoms in total. The summed E-state index contributed by atoms with van der Waals surface area (Å²) in [5.74, 6) is 0.439. The lowest BCUT2D eigenvalue weighted by molar-refractivity contribution is 0.372. The highest BCUT2D eigenvalue weighted by atomic mass is 79.9. The van der Waals surface area contributed by atoms with Crippen LogP contribution in [-0.4, -0.2) is 28.1 Å². The molecule has 8 heteroatoms. The van der Waals surface area contributed by atoms with Crippen LogP contribution in [0.4, 0.5) is 5.69 Å². The number of aromatic hydroxyl groups is 1. The number of phenolic OH excluding ortho intramolecular Hbond substituents is 1. The lowest BCUT2D eigenvalue weighted by atomic mass is 10.2. The van der Waals surface area contributed by atoms with Crippen LogP contribution >= 0.6 is 27.3 Å². The molecule has 0 saturated heterocycles. The number of benzene rings is 1. The summed E-state index contributed by atoms with van der Waals surface area (Å²) in [5.41, 5.74) is 2.52. The number of thiazole rings is 1. The zero-order valence-electron chi connectivity index (χ0n) is 13.5. The van der Waals surface area contributed by atoms with E-state index < -0.39 is 0 Å². The number of ether oxygens (including phenoxy) is 1. The number of hydrogen-bond acceptors (Lipinski definition) is 6. The molecule has 1 N–H and O–H groups in total. The van der Waals surface area contributed by atoms with Crippen LogP contribution in [0, 0.1) is 6.92 Å². The van der Waals surface area contributed by atoms with Crippen LogP contribution in [-0.2, 0) is 0 Å². The van der Waals surface area contributed by atoms with Gasteiger partial charge in [-0.3, -0.25) is 4.98 Å². The normalized spacial score (nSPS) is 12.0. The highest BCUT2D eigenvalue weighted by Gasteiger charge is 2.08. The standard InChI is InChI=1S/C17H15BrN4O2S/c1-11-10-25-17(21-13-4-3-5-19-9-13)22(11)20-8-12-6-14(18)16(23)15(7-12)24-2/h3-10,23H,1-2H3. The van der Waals surface area contributed by atoms with Gasteiger partial charge in [0.05, 0.1) is 35.4 Å². The lowest BCUT2D eigenvalue weighted by Gasteiger charge is -2.06. The predicted octanol–water partition coefficient (Wildman–Crippen LogP) is 3.84. The quantitative estimate of drug-likeness (QED) is 0.654. The van der Waals surface area contributed by atoms with Gasteiger partial charge in [-0.15, -0.1) is 11.3 Å². The molecule has 1 aromatic carbocycles. The van der Waals surface area contributed by atoms with Crippen LogP contribution in [0.2, 0.25) is 0 Å². The van der Waals surface area contributed by atoms with Crippen LogP contribution in [0.25, 0.3) is 0 Å². The minimum Gasteiger partial charge on any atom is -0.503 e. The summed E-state index contributed by atoms with van der Waals surface area (Å²) in [6.07, 6.45) is 5.10. The Morgan fingerprint density at radius 1 is 1.40 bits per heavy atom. The predicted molar refractivity (Wildman–Crippen MR) is 102 cm³/mol. The summed E-state index contributed by atoms with van der Waals surface area (Å²) in [6.45, 7) is 1.96. The first kappa shape index (κ1) is 17.4. The van der Waals surface area contributed by atoms with E-state index in [-0.39, 0.29) is 5.75 Å². The number of aryl methyl sites for hydroxylation is 1. The molecule has 128 valence electrons. The van der Waals surface area contributed by atoms with Crippen LogP contribution in [0.15, 0.2) is 56.6 Å². The number of hydrogen-bond donors (Lipinski definition) is 1. The SMILES string of the molecule is COc1cc(C=Nn2c(C)csc2=Nc2cccnc2)cc(Br)c1O. The summed E-state index contributed by atoms with van der Waals surface area (Å²) < 4.78 is 7.46. The van der Waals surface area contributed by atoms with E-state index in [1.54, 1.807) is 35.4 Å². The molecule has 2 heterocycles. The number of nitrogens with zero attached hydrogens (tertiary/aromatic N) is 4. The maximum Gasteiger partial charge on any atom is 0.211 e. The maximum atomic E-state index is 9.89. The highest BCUT2D eigenvalue weighted by molar-refractivity contribution is 9.10. The van der Waals surface area contributed by atoms with E-state index in [1.165, 1.54) is 18.4 Å². The van der Waals surface area contributed by atoms with E-state index >= 15 is 0 Å². The molecule has 0 saturated carbocycles. The third-order valence-corrected chi connectivity index (χ3v) is 4.85. The fourth-order valence-corrected chi connectivity index (χ4v) is 3.37. The molecule has 3 aromatic rings. The molecule has 0 aliphatic rings. The van der Waals surface area contributed by atoms with E-state index in [2.05, 4.69) is 31.0 Å². The molecule has 0 spiro atoms. The third kappa shape index (κ3) is 3.97. The Bertz CT molecular complexity index is 980. The second kappa shape index (κ2) is 7.62. The summed E-state index contributed by atoms with van der Waals surface area (Å²) in [4.78, 5) is 9.38. The van der Waals surface area contributed by atoms with Gasteiger partial charge >= 0.3 is 0 Å². The van der Waals surface area contributed by atoms with Gasteiger partial charge in [0.1, 0.15) is 0 Å². The zero-order valence-corrected chi connectivity index (χ0v) is 16.0. The van der Waals surface area contributed by atoms with Crippen molar-refractivity contribution in [2.24, 2.45) is 10.1 Å². The lowest BCUT2D eigenvalue weighted by Crippen LogP contribution is -2.11. The summed E-state index contributed by atoms with van der Waals surface area (Å²) in [5, 5.41) is 16.4. The number of halogens is 1. The second-order valence-corrected chi connectivity index (χ2v) is 6.78. The van der Waals surface area contributed by atoms with Crippen molar-refractivity contribution in [1.82, 2.24) is 9.66 Å². The molecule has 0 radical (unpaired) electrons. The van der Waals surface area contributed by atoms with Crippen molar-refractivity contribution >= 4 is 39.2 Å². The van der Waals surface area contributed by atoms with Crippen molar-refractivity contribution in [3.63, 3.8) is 0 Å². The van der Waals surface area contributed by atoms with Crippen molar-refractivity contribution < 1.29 is 9.84 Å². The maximum absolute atomic E-state index is 9.89. The van der Waals surface area contributed by atoms with Gasteiger partial charge in [-0.1, -0.05) is 0 Å². The molecular weight excluding hydrogens is 404 g/mol. The fraction of sp³-hybridized carbons (Fsp3) is 0.118. The Morgan fingerprint density at radius 3 is 2.96 bits per heavy atom. The van der Waals surface area contributed by atoms with Crippen molar-refractivity contribution in [2.75, 3.05) is 7.11 Å². The van der Waals surface area contributed by atoms with E-state index in [9.17, 15) is 5.11 Å². The number of aromatic nitrogens is 2. The minimum absolute atomic E-state index is 0.0614. The van der Waals surface area contributed by atoms with Crippen LogP contribution < -0.4 is 9.54 Å². The smallest absolute Gasteiger partial charge is 0.211 e. The fourth-order valence-electron chi connectivity index (χ4n) is 2.08. The van der Waals surface area contributed by atoms with E-state index in [1.807, 2.05) is 24.4 Å². The Morgan fingerprint density at radius 2 is 2.24 bits per heavy atom. The second-order valence-electron chi connectivity index (χ2n) is 5.09. The Hall–Kier alpha value is -2.45.